The first-order valence-corrected chi connectivity index (χ1v) is 6.73. The Labute approximate surface area is 128 Å². The summed E-state index contributed by atoms with van der Waals surface area (Å²) < 4.78 is 10.6. The molecule has 0 aliphatic heterocycles. The van der Waals surface area contributed by atoms with Crippen LogP contribution < -0.4 is 10.5 Å². The zero-order valence-electron chi connectivity index (χ0n) is 12.1. The van der Waals surface area contributed by atoms with Gasteiger partial charge in [0.05, 0.1) is 12.8 Å². The van der Waals surface area contributed by atoms with Gasteiger partial charge in [0.1, 0.15) is 11.3 Å². The molecule has 0 saturated carbocycles. The maximum Gasteiger partial charge on any atom is 0.341 e. The predicted molar refractivity (Wildman–Crippen MR) is 83.2 cm³/mol. The zero-order valence-corrected chi connectivity index (χ0v) is 12.8. The summed E-state index contributed by atoms with van der Waals surface area (Å²) in [5.74, 6) is 0.418. The van der Waals surface area contributed by atoms with E-state index in [2.05, 4.69) is 0 Å². The highest BCUT2D eigenvalue weighted by Crippen LogP contribution is 2.36. The van der Waals surface area contributed by atoms with Gasteiger partial charge in [-0.05, 0) is 49.2 Å². The second kappa shape index (κ2) is 6.06. The molecule has 0 atom stereocenters. The molecule has 4 nitrogen and oxygen atoms in total. The highest BCUT2D eigenvalue weighted by atomic mass is 35.5. The second-order valence-electron chi connectivity index (χ2n) is 4.69. The number of nitrogen functional groups attached to an aromatic ring is 1. The van der Waals surface area contributed by atoms with Gasteiger partial charge in [-0.3, -0.25) is 0 Å². The fraction of sp³-hybridized carbons (Fsp3) is 0.188. The number of aryl methyl sites for hydroxylation is 2. The summed E-state index contributed by atoms with van der Waals surface area (Å²) in [7, 11) is 1.31. The third-order valence-corrected chi connectivity index (χ3v) is 3.30. The molecule has 110 valence electrons. The number of ether oxygens (including phenoxy) is 2. The Balaban J connectivity index is 2.52. The number of para-hydroxylation sites is 1. The van der Waals surface area contributed by atoms with Gasteiger partial charge in [-0.25, -0.2) is 4.79 Å². The number of methoxy groups -OCH3 is 1. The number of carbonyl (C=O) groups is 1. The molecule has 0 saturated heterocycles. The van der Waals surface area contributed by atoms with Crippen molar-refractivity contribution in [3.8, 4) is 11.5 Å². The van der Waals surface area contributed by atoms with Crippen molar-refractivity contribution in [2.75, 3.05) is 12.8 Å². The first-order valence-electron chi connectivity index (χ1n) is 6.35. The summed E-state index contributed by atoms with van der Waals surface area (Å²) in [4.78, 5) is 11.8. The van der Waals surface area contributed by atoms with Crippen LogP contribution in [0.3, 0.4) is 0 Å². The van der Waals surface area contributed by atoms with E-state index in [4.69, 9.17) is 26.8 Å². The number of hydrogen-bond acceptors (Lipinski definition) is 4. The van der Waals surface area contributed by atoms with E-state index in [1.54, 1.807) is 30.3 Å². The average Bonchev–Trinajstić information content (AvgIpc) is 2.43. The van der Waals surface area contributed by atoms with Gasteiger partial charge in [-0.1, -0.05) is 17.7 Å². The van der Waals surface area contributed by atoms with Crippen LogP contribution in [0.4, 0.5) is 5.69 Å². The average molecular weight is 306 g/mol. The molecule has 0 heterocycles. The molecule has 0 aliphatic rings. The van der Waals surface area contributed by atoms with Gasteiger partial charge < -0.3 is 15.2 Å². The monoisotopic (exact) mass is 305 g/mol. The molecule has 0 aliphatic carbocycles. The highest BCUT2D eigenvalue weighted by Gasteiger charge is 2.18. The molecule has 2 aromatic carbocycles. The van der Waals surface area contributed by atoms with Crippen molar-refractivity contribution >= 4 is 23.3 Å². The lowest BCUT2D eigenvalue weighted by Crippen LogP contribution is -2.06. The standard InChI is InChI=1S/C16H16ClNO3/c1-9-7-11(17)8-10(2)14(9)21-15-12(16(19)20-3)5-4-6-13(15)18/h4-8H,18H2,1-3H3. The first-order chi connectivity index (χ1) is 9.93. The quantitative estimate of drug-likeness (QED) is 0.684. The molecule has 2 aromatic rings. The van der Waals surface area contributed by atoms with Crippen molar-refractivity contribution in [1.82, 2.24) is 0 Å². The fourth-order valence-electron chi connectivity index (χ4n) is 2.10. The molecule has 0 spiro atoms. The molecule has 21 heavy (non-hydrogen) atoms. The normalized spacial score (nSPS) is 10.3. The number of rotatable bonds is 3. The Morgan fingerprint density at radius 3 is 2.33 bits per heavy atom. The summed E-state index contributed by atoms with van der Waals surface area (Å²) in [5.41, 5.74) is 8.30. The van der Waals surface area contributed by atoms with Crippen LogP contribution >= 0.6 is 11.6 Å². The van der Waals surface area contributed by atoms with Gasteiger partial charge in [0.25, 0.3) is 0 Å². The number of halogens is 1. The van der Waals surface area contributed by atoms with E-state index >= 15 is 0 Å². The lowest BCUT2D eigenvalue weighted by molar-refractivity contribution is 0.0598. The summed E-state index contributed by atoms with van der Waals surface area (Å²) in [5, 5.41) is 0.631. The molecule has 2 rings (SSSR count). The van der Waals surface area contributed by atoms with Gasteiger partial charge in [-0.2, -0.15) is 0 Å². The number of esters is 1. The van der Waals surface area contributed by atoms with Crippen LogP contribution in [0.2, 0.25) is 5.02 Å². The topological polar surface area (TPSA) is 61.5 Å². The minimum atomic E-state index is -0.499. The van der Waals surface area contributed by atoms with E-state index in [9.17, 15) is 4.79 Å². The minimum Gasteiger partial charge on any atom is -0.465 e. The Bertz CT molecular complexity index is 675. The van der Waals surface area contributed by atoms with Gasteiger partial charge in [-0.15, -0.1) is 0 Å². The molecule has 2 N–H and O–H groups in total. The Hall–Kier alpha value is -2.20. The summed E-state index contributed by atoms with van der Waals surface area (Å²) >= 11 is 6.01. The molecule has 5 heteroatoms. The fourth-order valence-corrected chi connectivity index (χ4v) is 2.43. The zero-order chi connectivity index (χ0) is 15.6. The third-order valence-electron chi connectivity index (χ3n) is 3.08. The van der Waals surface area contributed by atoms with Crippen molar-refractivity contribution in [3.05, 3.63) is 52.0 Å². The number of nitrogens with two attached hydrogens (primary N) is 1. The van der Waals surface area contributed by atoms with Crippen LogP contribution in [0.15, 0.2) is 30.3 Å². The lowest BCUT2D eigenvalue weighted by Gasteiger charge is -2.16. The third kappa shape index (κ3) is 3.11. The van der Waals surface area contributed by atoms with E-state index in [0.29, 0.717) is 16.5 Å². The number of anilines is 1. The highest BCUT2D eigenvalue weighted by molar-refractivity contribution is 6.30. The molecule has 0 unspecified atom stereocenters. The van der Waals surface area contributed by atoms with Crippen LogP contribution in [-0.2, 0) is 4.74 Å². The van der Waals surface area contributed by atoms with Crippen LogP contribution in [0, 0.1) is 13.8 Å². The molecule has 0 fully saturated rings. The Kier molecular flexibility index (Phi) is 4.38. The largest absolute Gasteiger partial charge is 0.465 e. The second-order valence-corrected chi connectivity index (χ2v) is 5.12. The number of carbonyl (C=O) groups excluding carboxylic acids is 1. The SMILES string of the molecule is COC(=O)c1cccc(N)c1Oc1c(C)cc(Cl)cc1C. The van der Waals surface area contributed by atoms with Gasteiger partial charge in [0, 0.05) is 5.02 Å². The Morgan fingerprint density at radius 1 is 1.14 bits per heavy atom. The molecule has 0 bridgehead atoms. The van der Waals surface area contributed by atoms with Crippen molar-refractivity contribution in [2.45, 2.75) is 13.8 Å². The van der Waals surface area contributed by atoms with Gasteiger partial charge in [0.15, 0.2) is 5.75 Å². The first kappa shape index (κ1) is 15.2. The van der Waals surface area contributed by atoms with Crippen molar-refractivity contribution in [2.24, 2.45) is 0 Å². The smallest absolute Gasteiger partial charge is 0.341 e. The van der Waals surface area contributed by atoms with E-state index in [1.165, 1.54) is 7.11 Å². The van der Waals surface area contributed by atoms with Crippen molar-refractivity contribution in [1.29, 1.82) is 0 Å². The van der Waals surface area contributed by atoms with Crippen molar-refractivity contribution in [3.63, 3.8) is 0 Å². The van der Waals surface area contributed by atoms with E-state index in [1.807, 2.05) is 13.8 Å². The molecule has 0 radical (unpaired) electrons. The Morgan fingerprint density at radius 2 is 1.76 bits per heavy atom. The van der Waals surface area contributed by atoms with Crippen LogP contribution in [-0.4, -0.2) is 13.1 Å². The summed E-state index contributed by atoms with van der Waals surface area (Å²) in [6.07, 6.45) is 0. The van der Waals surface area contributed by atoms with Gasteiger partial charge >= 0.3 is 5.97 Å². The van der Waals surface area contributed by atoms with E-state index in [0.717, 1.165) is 11.1 Å². The summed E-state index contributed by atoms with van der Waals surface area (Å²) in [6, 6.07) is 8.54. The lowest BCUT2D eigenvalue weighted by atomic mass is 10.1. The van der Waals surface area contributed by atoms with Crippen LogP contribution in [0.25, 0.3) is 0 Å². The molecule has 0 amide bonds. The molecular weight excluding hydrogens is 290 g/mol. The molecular formula is C16H16ClNO3. The maximum atomic E-state index is 11.8. The number of benzene rings is 2. The maximum absolute atomic E-state index is 11.8. The van der Waals surface area contributed by atoms with Crippen LogP contribution in [0.5, 0.6) is 11.5 Å². The summed E-state index contributed by atoms with van der Waals surface area (Å²) in [6.45, 7) is 3.76. The van der Waals surface area contributed by atoms with Gasteiger partial charge in [0.2, 0.25) is 0 Å². The predicted octanol–water partition coefficient (Wildman–Crippen LogP) is 4.12. The van der Waals surface area contributed by atoms with E-state index < -0.39 is 5.97 Å². The van der Waals surface area contributed by atoms with Crippen LogP contribution in [0.1, 0.15) is 21.5 Å². The van der Waals surface area contributed by atoms with E-state index in [-0.39, 0.29) is 11.3 Å². The molecule has 0 aromatic heterocycles. The van der Waals surface area contributed by atoms with Crippen molar-refractivity contribution < 1.29 is 14.3 Å². The number of hydrogen-bond donors (Lipinski definition) is 1. The minimum absolute atomic E-state index is 0.284.